The maximum atomic E-state index is 11.9. The van der Waals surface area contributed by atoms with E-state index in [-0.39, 0.29) is 23.5 Å². The van der Waals surface area contributed by atoms with Crippen molar-refractivity contribution >= 4 is 17.4 Å². The van der Waals surface area contributed by atoms with Gasteiger partial charge in [0.05, 0.1) is 18.5 Å². The van der Waals surface area contributed by atoms with Crippen LogP contribution in [0.5, 0.6) is 0 Å². The third-order valence-corrected chi connectivity index (χ3v) is 2.49. The molecule has 0 aliphatic rings. The molecule has 0 amide bonds. The van der Waals surface area contributed by atoms with Crippen LogP contribution in [-0.2, 0) is 9.53 Å². The molecule has 1 aromatic rings. The maximum Gasteiger partial charge on any atom is 0.306 e. The van der Waals surface area contributed by atoms with Gasteiger partial charge in [0, 0.05) is 23.6 Å². The molecule has 1 aromatic carbocycles. The molecule has 6 heteroatoms. The molecule has 0 aromatic heterocycles. The Balaban J connectivity index is 2.86. The zero-order chi connectivity index (χ0) is 13.7. The molecule has 0 N–H and O–H groups in total. The minimum Gasteiger partial charge on any atom is -0.469 e. The highest BCUT2D eigenvalue weighted by Gasteiger charge is 2.20. The first-order valence-corrected chi connectivity index (χ1v) is 5.31. The van der Waals surface area contributed by atoms with Crippen LogP contribution in [0.3, 0.4) is 0 Å². The summed E-state index contributed by atoms with van der Waals surface area (Å²) in [6.07, 6.45) is -0.0436. The summed E-state index contributed by atoms with van der Waals surface area (Å²) in [6, 6.07) is 5.44. The number of rotatable bonds is 5. The molecule has 1 unspecified atom stereocenters. The van der Waals surface area contributed by atoms with Gasteiger partial charge in [0.25, 0.3) is 5.69 Å². The van der Waals surface area contributed by atoms with E-state index in [0.29, 0.717) is 0 Å². The average Bonchev–Trinajstić information content (AvgIpc) is 2.37. The number of hydrogen-bond acceptors (Lipinski definition) is 5. The topological polar surface area (TPSA) is 86.5 Å². The van der Waals surface area contributed by atoms with Crippen molar-refractivity contribution in [3.05, 3.63) is 39.9 Å². The van der Waals surface area contributed by atoms with Gasteiger partial charge in [-0.2, -0.15) is 0 Å². The Morgan fingerprint density at radius 3 is 2.67 bits per heavy atom. The predicted octanol–water partition coefficient (Wildman–Crippen LogP) is 1.98. The van der Waals surface area contributed by atoms with E-state index >= 15 is 0 Å². The van der Waals surface area contributed by atoms with Crippen LogP contribution in [-0.4, -0.2) is 23.8 Å². The number of non-ortho nitro benzene ring substituents is 1. The lowest BCUT2D eigenvalue weighted by atomic mass is 9.96. The third kappa shape index (κ3) is 3.38. The van der Waals surface area contributed by atoms with Gasteiger partial charge in [0.1, 0.15) is 0 Å². The van der Waals surface area contributed by atoms with Gasteiger partial charge >= 0.3 is 5.97 Å². The summed E-state index contributed by atoms with van der Waals surface area (Å²) in [7, 11) is 1.24. The molecular weight excluding hydrogens is 238 g/mol. The number of nitrogens with zero attached hydrogens (tertiary/aromatic N) is 1. The Hall–Kier alpha value is -2.24. The summed E-state index contributed by atoms with van der Waals surface area (Å²) in [5.74, 6) is -1.37. The highest BCUT2D eigenvalue weighted by atomic mass is 16.6. The smallest absolute Gasteiger partial charge is 0.306 e. The van der Waals surface area contributed by atoms with Crippen LogP contribution in [0.25, 0.3) is 0 Å². The molecule has 0 bridgehead atoms. The molecular formula is C12H13NO5. The summed E-state index contributed by atoms with van der Waals surface area (Å²) >= 11 is 0. The Labute approximate surface area is 104 Å². The molecule has 0 aliphatic carbocycles. The second-order valence-electron chi connectivity index (χ2n) is 3.85. The summed E-state index contributed by atoms with van der Waals surface area (Å²) in [5.41, 5.74) is 0.0757. The van der Waals surface area contributed by atoms with Crippen molar-refractivity contribution in [1.29, 1.82) is 0 Å². The Bertz CT molecular complexity index is 483. The van der Waals surface area contributed by atoms with E-state index < -0.39 is 16.8 Å². The fourth-order valence-corrected chi connectivity index (χ4v) is 1.48. The molecule has 6 nitrogen and oxygen atoms in total. The van der Waals surface area contributed by atoms with Crippen LogP contribution < -0.4 is 0 Å². The van der Waals surface area contributed by atoms with Crippen LogP contribution in [0, 0.1) is 16.0 Å². The van der Waals surface area contributed by atoms with Crippen molar-refractivity contribution in [2.75, 3.05) is 7.11 Å². The molecule has 18 heavy (non-hydrogen) atoms. The first kappa shape index (κ1) is 13.8. The SMILES string of the molecule is COC(=O)CC(C)C(=O)c1cccc([N+](=O)[O-])c1. The van der Waals surface area contributed by atoms with Crippen molar-refractivity contribution in [1.82, 2.24) is 0 Å². The monoisotopic (exact) mass is 251 g/mol. The highest BCUT2D eigenvalue weighted by Crippen LogP contribution is 2.18. The molecule has 0 aliphatic heterocycles. The normalized spacial score (nSPS) is 11.7. The van der Waals surface area contributed by atoms with E-state index in [1.165, 1.54) is 31.4 Å². The van der Waals surface area contributed by atoms with Gasteiger partial charge in [0.15, 0.2) is 5.78 Å². The second kappa shape index (κ2) is 5.90. The van der Waals surface area contributed by atoms with Gasteiger partial charge in [-0.15, -0.1) is 0 Å². The quantitative estimate of drug-likeness (QED) is 0.345. The fraction of sp³-hybridized carbons (Fsp3) is 0.333. The largest absolute Gasteiger partial charge is 0.469 e. The van der Waals surface area contributed by atoms with Crippen LogP contribution in [0.15, 0.2) is 24.3 Å². The minimum absolute atomic E-state index is 0.0436. The summed E-state index contributed by atoms with van der Waals surface area (Å²) < 4.78 is 4.47. The summed E-state index contributed by atoms with van der Waals surface area (Å²) in [5, 5.41) is 10.6. The fourth-order valence-electron chi connectivity index (χ4n) is 1.48. The molecule has 0 fully saturated rings. The molecule has 96 valence electrons. The van der Waals surface area contributed by atoms with Gasteiger partial charge in [-0.25, -0.2) is 0 Å². The minimum atomic E-state index is -0.570. The van der Waals surface area contributed by atoms with Gasteiger partial charge in [-0.3, -0.25) is 19.7 Å². The lowest BCUT2D eigenvalue weighted by molar-refractivity contribution is -0.384. The summed E-state index contributed by atoms with van der Waals surface area (Å²) in [6.45, 7) is 1.58. The number of Topliss-reactive ketones (excluding diaryl/α,β-unsaturated/α-hetero) is 1. The van der Waals surface area contributed by atoms with Crippen LogP contribution in [0.1, 0.15) is 23.7 Å². The average molecular weight is 251 g/mol. The number of esters is 1. The second-order valence-corrected chi connectivity index (χ2v) is 3.85. The summed E-state index contributed by atoms with van der Waals surface area (Å²) in [4.78, 5) is 33.0. The van der Waals surface area contributed by atoms with E-state index in [1.54, 1.807) is 6.92 Å². The molecule has 0 radical (unpaired) electrons. The van der Waals surface area contributed by atoms with Crippen molar-refractivity contribution in [3.63, 3.8) is 0 Å². The number of ketones is 1. The van der Waals surface area contributed by atoms with Crippen LogP contribution in [0.4, 0.5) is 5.69 Å². The molecule has 0 saturated heterocycles. The number of methoxy groups -OCH3 is 1. The first-order chi connectivity index (χ1) is 8.45. The lowest BCUT2D eigenvalue weighted by Gasteiger charge is -2.08. The van der Waals surface area contributed by atoms with E-state index in [9.17, 15) is 19.7 Å². The number of carbonyl (C=O) groups is 2. The molecule has 1 rings (SSSR count). The van der Waals surface area contributed by atoms with Crippen LogP contribution in [0.2, 0.25) is 0 Å². The third-order valence-electron chi connectivity index (χ3n) is 2.49. The van der Waals surface area contributed by atoms with Crippen LogP contribution >= 0.6 is 0 Å². The van der Waals surface area contributed by atoms with E-state index in [1.807, 2.05) is 0 Å². The zero-order valence-electron chi connectivity index (χ0n) is 10.1. The predicted molar refractivity (Wildman–Crippen MR) is 63.2 cm³/mol. The number of nitro groups is 1. The molecule has 0 heterocycles. The number of hydrogen-bond donors (Lipinski definition) is 0. The highest BCUT2D eigenvalue weighted by molar-refractivity contribution is 5.99. The van der Waals surface area contributed by atoms with Crippen molar-refractivity contribution in [2.45, 2.75) is 13.3 Å². The molecule has 0 spiro atoms. The number of nitro benzene ring substituents is 1. The lowest BCUT2D eigenvalue weighted by Crippen LogP contribution is -2.16. The number of ether oxygens (including phenoxy) is 1. The Morgan fingerprint density at radius 1 is 1.44 bits per heavy atom. The van der Waals surface area contributed by atoms with Crippen molar-refractivity contribution < 1.29 is 19.2 Å². The Morgan fingerprint density at radius 2 is 2.11 bits per heavy atom. The van der Waals surface area contributed by atoms with Gasteiger partial charge in [-0.05, 0) is 0 Å². The van der Waals surface area contributed by atoms with E-state index in [0.717, 1.165) is 0 Å². The number of carbonyl (C=O) groups excluding carboxylic acids is 2. The molecule has 0 saturated carbocycles. The van der Waals surface area contributed by atoms with Gasteiger partial charge < -0.3 is 4.74 Å². The zero-order valence-corrected chi connectivity index (χ0v) is 10.1. The van der Waals surface area contributed by atoms with Gasteiger partial charge in [-0.1, -0.05) is 19.1 Å². The van der Waals surface area contributed by atoms with E-state index in [4.69, 9.17) is 0 Å². The molecule has 1 atom stereocenters. The number of benzene rings is 1. The van der Waals surface area contributed by atoms with Crippen molar-refractivity contribution in [3.8, 4) is 0 Å². The first-order valence-electron chi connectivity index (χ1n) is 5.31. The standard InChI is InChI=1S/C12H13NO5/c1-8(6-11(14)18-2)12(15)9-4-3-5-10(7-9)13(16)17/h3-5,7-8H,6H2,1-2H3. The van der Waals surface area contributed by atoms with E-state index in [2.05, 4.69) is 4.74 Å². The Kier molecular flexibility index (Phi) is 4.53. The van der Waals surface area contributed by atoms with Gasteiger partial charge in [0.2, 0.25) is 0 Å². The van der Waals surface area contributed by atoms with Crippen molar-refractivity contribution in [2.24, 2.45) is 5.92 Å². The maximum absolute atomic E-state index is 11.9.